The molecule has 0 radical (unpaired) electrons. The number of phenolic OH excluding ortho intramolecular Hbond substituents is 1. The molecular weight excluding hydrogens is 214 g/mol. The van der Waals surface area contributed by atoms with Crippen LogP contribution in [0, 0.1) is 0 Å². The Morgan fingerprint density at radius 3 is 2.67 bits per heavy atom. The van der Waals surface area contributed by atoms with Crippen LogP contribution in [0.5, 0.6) is 5.75 Å². The Labute approximate surface area is 88.2 Å². The quantitative estimate of drug-likeness (QED) is 0.740. The van der Waals surface area contributed by atoms with E-state index in [4.69, 9.17) is 0 Å². The van der Waals surface area contributed by atoms with Crippen molar-refractivity contribution >= 4 is 15.5 Å². The van der Waals surface area contributed by atoms with Gasteiger partial charge in [-0.15, -0.1) is 0 Å². The summed E-state index contributed by atoms with van der Waals surface area (Å²) in [4.78, 5) is 0. The van der Waals surface area contributed by atoms with Gasteiger partial charge in [0, 0.05) is 5.41 Å². The molecule has 0 bridgehead atoms. The molecule has 2 rings (SSSR count). The molecule has 0 spiro atoms. The molecule has 1 heterocycles. The lowest BCUT2D eigenvalue weighted by Crippen LogP contribution is -2.20. The molecule has 4 nitrogen and oxygen atoms in total. The summed E-state index contributed by atoms with van der Waals surface area (Å²) < 4.78 is 22.3. The summed E-state index contributed by atoms with van der Waals surface area (Å²) in [5, 5.41) is 13.6. The van der Waals surface area contributed by atoms with Crippen LogP contribution < -0.4 is 5.32 Å². The summed E-state index contributed by atoms with van der Waals surface area (Å²) in [6.07, 6.45) is 1.59. The fraction of sp³-hybridized carbons (Fsp3) is 0.200. The van der Waals surface area contributed by atoms with Crippen LogP contribution in [0.15, 0.2) is 35.7 Å². The van der Waals surface area contributed by atoms with Gasteiger partial charge in [-0.2, -0.15) is 0 Å². The number of benzene rings is 1. The molecule has 2 N–H and O–H groups in total. The van der Waals surface area contributed by atoms with E-state index in [0.29, 0.717) is 5.69 Å². The van der Waals surface area contributed by atoms with Gasteiger partial charge in [-0.25, -0.2) is 8.42 Å². The van der Waals surface area contributed by atoms with Gasteiger partial charge in [-0.3, -0.25) is 0 Å². The molecule has 0 aliphatic carbocycles. The van der Waals surface area contributed by atoms with Gasteiger partial charge < -0.3 is 10.4 Å². The molecule has 1 aromatic carbocycles. The molecule has 0 aromatic heterocycles. The predicted molar refractivity (Wildman–Crippen MR) is 58.4 cm³/mol. The number of aromatic hydroxyl groups is 1. The van der Waals surface area contributed by atoms with Crippen LogP contribution in [0.2, 0.25) is 0 Å². The molecule has 0 fully saturated rings. The zero-order chi connectivity index (χ0) is 10.9. The lowest BCUT2D eigenvalue weighted by molar-refractivity contribution is 0.477. The highest BCUT2D eigenvalue weighted by atomic mass is 32.2. The van der Waals surface area contributed by atoms with Crippen molar-refractivity contribution in [2.24, 2.45) is 0 Å². The average molecular weight is 225 g/mol. The van der Waals surface area contributed by atoms with E-state index in [9.17, 15) is 13.5 Å². The molecule has 5 heteroatoms. The van der Waals surface area contributed by atoms with Crippen molar-refractivity contribution in [3.63, 3.8) is 0 Å². The van der Waals surface area contributed by atoms with Crippen LogP contribution in [0.3, 0.4) is 0 Å². The van der Waals surface area contributed by atoms with Crippen LogP contribution >= 0.6 is 0 Å². The van der Waals surface area contributed by atoms with E-state index in [1.54, 1.807) is 30.3 Å². The number of phenols is 1. The lowest BCUT2D eigenvalue weighted by atomic mass is 10.2. The van der Waals surface area contributed by atoms with Gasteiger partial charge in [0.1, 0.15) is 5.75 Å². The number of rotatable bonds is 2. The first-order chi connectivity index (χ1) is 7.07. The van der Waals surface area contributed by atoms with Gasteiger partial charge in [-0.1, -0.05) is 18.2 Å². The Kier molecular flexibility index (Phi) is 2.40. The minimum atomic E-state index is -3.05. The summed E-state index contributed by atoms with van der Waals surface area (Å²) in [5.41, 5.74) is 0.546. The van der Waals surface area contributed by atoms with Crippen LogP contribution in [0.1, 0.15) is 0 Å². The van der Waals surface area contributed by atoms with Crippen molar-refractivity contribution in [1.82, 2.24) is 0 Å². The van der Waals surface area contributed by atoms with Crippen LogP contribution in [-0.4, -0.2) is 25.3 Å². The Hall–Kier alpha value is -1.49. The van der Waals surface area contributed by atoms with E-state index in [2.05, 4.69) is 5.32 Å². The third-order valence-corrected chi connectivity index (χ3v) is 3.57. The number of hydrogen-bond acceptors (Lipinski definition) is 4. The molecule has 0 amide bonds. The van der Waals surface area contributed by atoms with Crippen LogP contribution in [-0.2, 0) is 9.84 Å². The predicted octanol–water partition coefficient (Wildman–Crippen LogP) is 1.11. The molecule has 15 heavy (non-hydrogen) atoms. The third-order valence-electron chi connectivity index (χ3n) is 2.18. The van der Waals surface area contributed by atoms with E-state index in [0.717, 1.165) is 0 Å². The summed E-state index contributed by atoms with van der Waals surface area (Å²) >= 11 is 0. The van der Waals surface area contributed by atoms with E-state index in [1.165, 1.54) is 5.41 Å². The van der Waals surface area contributed by atoms with Crippen molar-refractivity contribution in [2.45, 2.75) is 6.04 Å². The summed E-state index contributed by atoms with van der Waals surface area (Å²) in [5.74, 6) is 0.164. The largest absolute Gasteiger partial charge is 0.506 e. The second-order valence-corrected chi connectivity index (χ2v) is 5.36. The van der Waals surface area contributed by atoms with Gasteiger partial charge in [0.05, 0.1) is 17.5 Å². The van der Waals surface area contributed by atoms with E-state index < -0.39 is 9.84 Å². The first-order valence-corrected chi connectivity index (χ1v) is 6.24. The SMILES string of the molecule is O=S1(=O)C=CC(Nc2ccccc2O)C1. The molecule has 80 valence electrons. The summed E-state index contributed by atoms with van der Waals surface area (Å²) in [7, 11) is -3.05. The topological polar surface area (TPSA) is 66.4 Å². The molecule has 0 saturated carbocycles. The first kappa shape index (κ1) is 10.0. The molecule has 1 aliphatic rings. The van der Waals surface area contributed by atoms with Gasteiger partial charge in [0.25, 0.3) is 0 Å². The van der Waals surface area contributed by atoms with Gasteiger partial charge >= 0.3 is 0 Å². The monoisotopic (exact) mass is 225 g/mol. The van der Waals surface area contributed by atoms with Crippen LogP contribution in [0.25, 0.3) is 0 Å². The van der Waals surface area contributed by atoms with Crippen molar-refractivity contribution in [2.75, 3.05) is 11.1 Å². The lowest BCUT2D eigenvalue weighted by Gasteiger charge is -2.12. The molecular formula is C10H11NO3S. The smallest absolute Gasteiger partial charge is 0.173 e. The van der Waals surface area contributed by atoms with E-state index in [1.807, 2.05) is 0 Å². The Bertz CT molecular complexity index is 493. The Balaban J connectivity index is 2.12. The van der Waals surface area contributed by atoms with Gasteiger partial charge in [0.15, 0.2) is 9.84 Å². The second-order valence-electron chi connectivity index (χ2n) is 3.43. The maximum Gasteiger partial charge on any atom is 0.173 e. The maximum atomic E-state index is 11.1. The highest BCUT2D eigenvalue weighted by molar-refractivity contribution is 7.94. The molecule has 1 aromatic rings. The molecule has 0 saturated heterocycles. The Morgan fingerprint density at radius 1 is 1.33 bits per heavy atom. The fourth-order valence-corrected chi connectivity index (χ4v) is 2.70. The second kappa shape index (κ2) is 3.58. The maximum absolute atomic E-state index is 11.1. The van der Waals surface area contributed by atoms with E-state index >= 15 is 0 Å². The van der Waals surface area contributed by atoms with Gasteiger partial charge in [-0.05, 0) is 12.1 Å². The highest BCUT2D eigenvalue weighted by Gasteiger charge is 2.21. The molecule has 1 unspecified atom stereocenters. The summed E-state index contributed by atoms with van der Waals surface area (Å²) in [6, 6.07) is 6.48. The highest BCUT2D eigenvalue weighted by Crippen LogP contribution is 2.24. The normalized spacial score (nSPS) is 22.8. The third kappa shape index (κ3) is 2.30. The average Bonchev–Trinajstić information content (AvgIpc) is 2.50. The van der Waals surface area contributed by atoms with Crippen molar-refractivity contribution in [3.05, 3.63) is 35.7 Å². The standard InChI is InChI=1S/C10H11NO3S/c12-10-4-2-1-3-9(10)11-8-5-6-15(13,14)7-8/h1-6,8,11-12H,7H2. The minimum Gasteiger partial charge on any atom is -0.506 e. The number of para-hydroxylation sites is 2. The number of sulfone groups is 1. The molecule has 1 aliphatic heterocycles. The van der Waals surface area contributed by atoms with E-state index in [-0.39, 0.29) is 17.5 Å². The number of hydrogen-bond donors (Lipinski definition) is 2. The van der Waals surface area contributed by atoms with Crippen molar-refractivity contribution < 1.29 is 13.5 Å². The van der Waals surface area contributed by atoms with Gasteiger partial charge in [0.2, 0.25) is 0 Å². The zero-order valence-corrected chi connectivity index (χ0v) is 8.74. The van der Waals surface area contributed by atoms with Crippen LogP contribution in [0.4, 0.5) is 5.69 Å². The van der Waals surface area contributed by atoms with Crippen molar-refractivity contribution in [1.29, 1.82) is 0 Å². The zero-order valence-electron chi connectivity index (χ0n) is 7.92. The van der Waals surface area contributed by atoms with Crippen molar-refractivity contribution in [3.8, 4) is 5.75 Å². The summed E-state index contributed by atoms with van der Waals surface area (Å²) in [6.45, 7) is 0. The minimum absolute atomic E-state index is 0.0430. The number of anilines is 1. The number of nitrogens with one attached hydrogen (secondary N) is 1. The fourth-order valence-electron chi connectivity index (χ4n) is 1.46. The Morgan fingerprint density at radius 2 is 2.07 bits per heavy atom. The molecule has 1 atom stereocenters. The first-order valence-electron chi connectivity index (χ1n) is 4.52.